The van der Waals surface area contributed by atoms with E-state index in [1.165, 1.54) is 12.3 Å². The van der Waals surface area contributed by atoms with Crippen molar-refractivity contribution in [3.63, 3.8) is 0 Å². The molecule has 0 radical (unpaired) electrons. The van der Waals surface area contributed by atoms with Gasteiger partial charge >= 0.3 is 5.97 Å². The maximum absolute atomic E-state index is 13.0. The number of β-lactam (4-membered cyclic amide) rings is 1. The molecule has 2 aromatic heterocycles. The minimum atomic E-state index is -5.07. The van der Waals surface area contributed by atoms with Crippen LogP contribution < -0.4 is 26.2 Å². The third kappa shape index (κ3) is 7.30. The predicted molar refractivity (Wildman–Crippen MR) is 154 cm³/mol. The number of anilines is 1. The number of carbonyl (C=O) groups excluding carboxylic acids is 2. The van der Waals surface area contributed by atoms with Gasteiger partial charge in [-0.3, -0.25) is 9.59 Å². The number of aryl methyl sites for hydroxylation is 2. The standard InChI is InChI=1S/C25H30N8O9S2/c1-14-20(23(35)33(14)44(38,39)40)29-22(34)21(18-13-43-25(27)28-18)30-42-19(24(36)37)12-41-17-6-4-15(5-7-17)16-10-31(2)32(11-16)9-3-8-26/h4-7,10-11,13-14,19-20H,3,8-9,12,26H2,1-2H3,(H4-,27,28,29,34,36,37,38,39,40)/b30-21-/t14-,19?,20-/m0/s1. The summed E-state index contributed by atoms with van der Waals surface area (Å²) in [7, 11) is -3.14. The highest BCUT2D eigenvalue weighted by Gasteiger charge is 2.49. The minimum Gasteiger partial charge on any atom is -0.731 e. The van der Waals surface area contributed by atoms with Crippen LogP contribution in [0.2, 0.25) is 0 Å². The number of nitrogens with one attached hydrogen (secondary N) is 1. The van der Waals surface area contributed by atoms with Crippen molar-refractivity contribution in [1.82, 2.24) is 19.3 Å². The van der Waals surface area contributed by atoms with Crippen molar-refractivity contribution in [3.05, 3.63) is 47.7 Å². The van der Waals surface area contributed by atoms with E-state index >= 15 is 0 Å². The molecule has 1 aliphatic heterocycles. The Morgan fingerprint density at radius 3 is 2.57 bits per heavy atom. The molecule has 3 aromatic rings. The summed E-state index contributed by atoms with van der Waals surface area (Å²) in [6.07, 6.45) is 3.12. The number of nitrogen functional groups attached to an aromatic ring is 1. The van der Waals surface area contributed by atoms with Gasteiger partial charge in [-0.2, -0.15) is 4.68 Å². The SMILES string of the molecule is C[C@H]1[C@H](NC(=O)/C(=N\OC(COc2ccc(-c3cn(CCCN)[n+](C)c3)cc2)C(=O)O)c2csc(N)n2)C(=O)N1S(=O)(=O)[O-]. The van der Waals surface area contributed by atoms with Crippen LogP contribution in [0.5, 0.6) is 5.75 Å². The molecule has 1 aromatic carbocycles. The smallest absolute Gasteiger partial charge is 0.351 e. The number of oxime groups is 1. The second-order valence-electron chi connectivity index (χ2n) is 9.65. The average Bonchev–Trinajstić information content (AvgIpc) is 3.56. The molecule has 236 valence electrons. The lowest BCUT2D eigenvalue weighted by Crippen LogP contribution is -2.71. The second-order valence-corrected chi connectivity index (χ2v) is 11.8. The number of amides is 2. The van der Waals surface area contributed by atoms with Crippen molar-refractivity contribution in [2.45, 2.75) is 38.1 Å². The molecule has 0 aliphatic carbocycles. The second kappa shape index (κ2) is 13.4. The first-order valence-electron chi connectivity index (χ1n) is 13.1. The number of carbonyl (C=O) groups is 3. The van der Waals surface area contributed by atoms with Crippen LogP contribution in [-0.4, -0.2) is 86.9 Å². The van der Waals surface area contributed by atoms with E-state index in [2.05, 4.69) is 15.5 Å². The van der Waals surface area contributed by atoms with E-state index in [9.17, 15) is 32.5 Å². The van der Waals surface area contributed by atoms with Crippen molar-refractivity contribution < 1.29 is 46.7 Å². The number of aliphatic carboxylic acids is 1. The molecule has 1 unspecified atom stereocenters. The van der Waals surface area contributed by atoms with Gasteiger partial charge < -0.3 is 36.0 Å². The van der Waals surface area contributed by atoms with Crippen molar-refractivity contribution in [2.24, 2.45) is 17.9 Å². The molecular weight excluding hydrogens is 620 g/mol. The number of hydrogen-bond donors (Lipinski definition) is 4. The molecule has 19 heteroatoms. The Morgan fingerprint density at radius 1 is 1.30 bits per heavy atom. The molecule has 0 bridgehead atoms. The Hall–Kier alpha value is -4.59. The van der Waals surface area contributed by atoms with Gasteiger partial charge in [-0.15, -0.1) is 16.0 Å². The predicted octanol–water partition coefficient (Wildman–Crippen LogP) is -1.20. The fourth-order valence-corrected chi connectivity index (χ4v) is 5.68. The summed E-state index contributed by atoms with van der Waals surface area (Å²) in [4.78, 5) is 46.2. The summed E-state index contributed by atoms with van der Waals surface area (Å²) in [5.74, 6) is -3.29. The first kappa shape index (κ1) is 32.3. The van der Waals surface area contributed by atoms with Crippen LogP contribution in [0, 0.1) is 0 Å². The zero-order valence-corrected chi connectivity index (χ0v) is 25.2. The molecule has 6 N–H and O–H groups in total. The summed E-state index contributed by atoms with van der Waals surface area (Å²) in [5.41, 5.74) is 12.5. The van der Waals surface area contributed by atoms with Crippen molar-refractivity contribution in [3.8, 4) is 16.9 Å². The quantitative estimate of drug-likeness (QED) is 0.0528. The number of carboxylic acid groups (broad SMARTS) is 1. The Kier molecular flexibility index (Phi) is 9.82. The lowest BCUT2D eigenvalue weighted by atomic mass is 10.0. The van der Waals surface area contributed by atoms with Gasteiger partial charge in [-0.25, -0.2) is 22.5 Å². The number of nitrogens with zero attached hydrogens (tertiary/aromatic N) is 5. The van der Waals surface area contributed by atoms with Crippen LogP contribution in [0.3, 0.4) is 0 Å². The zero-order valence-electron chi connectivity index (χ0n) is 23.5. The van der Waals surface area contributed by atoms with E-state index in [0.29, 0.717) is 12.3 Å². The highest BCUT2D eigenvalue weighted by Crippen LogP contribution is 2.24. The van der Waals surface area contributed by atoms with Gasteiger partial charge in [0.2, 0.25) is 6.20 Å². The maximum atomic E-state index is 13.0. The molecule has 3 atom stereocenters. The fraction of sp³-hybridized carbons (Fsp3) is 0.360. The summed E-state index contributed by atoms with van der Waals surface area (Å²) in [6, 6.07) is 4.41. The van der Waals surface area contributed by atoms with E-state index in [4.69, 9.17) is 21.0 Å². The van der Waals surface area contributed by atoms with Crippen LogP contribution in [0.4, 0.5) is 5.13 Å². The molecule has 1 fully saturated rings. The van der Waals surface area contributed by atoms with E-state index in [1.807, 2.05) is 40.9 Å². The summed E-state index contributed by atoms with van der Waals surface area (Å²) in [5, 5.41) is 17.0. The Labute approximate surface area is 255 Å². The van der Waals surface area contributed by atoms with Crippen LogP contribution in [0.1, 0.15) is 19.0 Å². The van der Waals surface area contributed by atoms with Gasteiger partial charge in [0, 0.05) is 5.38 Å². The van der Waals surface area contributed by atoms with Crippen molar-refractivity contribution in [1.29, 1.82) is 0 Å². The third-order valence-corrected chi connectivity index (χ3v) is 8.26. The van der Waals surface area contributed by atoms with Gasteiger partial charge in [0.1, 0.15) is 24.1 Å². The van der Waals surface area contributed by atoms with Crippen molar-refractivity contribution >= 4 is 50.3 Å². The first-order valence-corrected chi connectivity index (χ1v) is 15.3. The largest absolute Gasteiger partial charge is 0.731 e. The number of hydrogen-bond acceptors (Lipinski definition) is 13. The molecule has 1 aliphatic rings. The van der Waals surface area contributed by atoms with Crippen LogP contribution in [0.25, 0.3) is 11.1 Å². The molecule has 0 saturated carbocycles. The molecular formula is C25H30N8O9S2. The number of rotatable bonds is 14. The Balaban J connectivity index is 1.43. The lowest BCUT2D eigenvalue weighted by molar-refractivity contribution is -0.753. The molecule has 2 amide bonds. The van der Waals surface area contributed by atoms with E-state index in [-0.39, 0.29) is 15.1 Å². The number of thiazole rings is 1. The minimum absolute atomic E-state index is 0.0552. The lowest BCUT2D eigenvalue weighted by Gasteiger charge is -2.45. The summed E-state index contributed by atoms with van der Waals surface area (Å²) < 4.78 is 43.4. The van der Waals surface area contributed by atoms with Gasteiger partial charge in [0.25, 0.3) is 17.9 Å². The van der Waals surface area contributed by atoms with E-state index in [0.717, 1.165) is 35.4 Å². The monoisotopic (exact) mass is 650 g/mol. The Bertz CT molecular complexity index is 1670. The molecule has 0 spiro atoms. The van der Waals surface area contributed by atoms with Gasteiger partial charge in [-0.1, -0.05) is 17.3 Å². The van der Waals surface area contributed by atoms with Crippen molar-refractivity contribution in [2.75, 3.05) is 18.9 Å². The summed E-state index contributed by atoms with van der Waals surface area (Å²) in [6.45, 7) is 2.11. The van der Waals surface area contributed by atoms with Gasteiger partial charge in [0.15, 0.2) is 28.2 Å². The zero-order chi connectivity index (χ0) is 32.2. The first-order chi connectivity index (χ1) is 20.8. The maximum Gasteiger partial charge on any atom is 0.351 e. The van der Waals surface area contributed by atoms with Crippen LogP contribution in [-0.2, 0) is 43.1 Å². The number of nitrogens with two attached hydrogens (primary N) is 2. The highest BCUT2D eigenvalue weighted by molar-refractivity contribution is 7.84. The van der Waals surface area contributed by atoms with Crippen LogP contribution >= 0.6 is 11.3 Å². The highest BCUT2D eigenvalue weighted by atomic mass is 32.2. The van der Waals surface area contributed by atoms with E-state index in [1.54, 1.807) is 12.1 Å². The van der Waals surface area contributed by atoms with E-state index < -0.39 is 58.6 Å². The number of benzene rings is 1. The topological polar surface area (TPSA) is 248 Å². The number of aromatic nitrogens is 3. The number of ether oxygens (including phenoxy) is 1. The molecule has 17 nitrogen and oxygen atoms in total. The summed E-state index contributed by atoms with van der Waals surface area (Å²) >= 11 is 0.952. The third-order valence-electron chi connectivity index (χ3n) is 6.59. The number of carboxylic acids is 1. The Morgan fingerprint density at radius 2 is 2.00 bits per heavy atom. The normalized spacial score (nSPS) is 17.6. The fourth-order valence-electron chi connectivity index (χ4n) is 4.27. The van der Waals surface area contributed by atoms with Gasteiger partial charge in [0.05, 0.1) is 24.3 Å². The van der Waals surface area contributed by atoms with Gasteiger partial charge in [-0.05, 0) is 37.6 Å². The molecule has 3 heterocycles. The average molecular weight is 651 g/mol. The van der Waals surface area contributed by atoms with Crippen LogP contribution in [0.15, 0.2) is 47.2 Å². The molecule has 4 rings (SSSR count). The molecule has 44 heavy (non-hydrogen) atoms. The molecule has 1 saturated heterocycles.